The molecule has 0 aliphatic heterocycles. The first-order valence-electron chi connectivity index (χ1n) is 6.31. The van der Waals surface area contributed by atoms with Gasteiger partial charge in [-0.3, -0.25) is 4.68 Å². The van der Waals surface area contributed by atoms with Crippen LogP contribution in [0.4, 0.5) is 8.78 Å². The van der Waals surface area contributed by atoms with Gasteiger partial charge in [-0.25, -0.2) is 8.78 Å². The van der Waals surface area contributed by atoms with Crippen LogP contribution in [0, 0.1) is 0 Å². The van der Waals surface area contributed by atoms with Gasteiger partial charge in [-0.05, 0) is 17.5 Å². The molecule has 0 unspecified atom stereocenters. The average Bonchev–Trinajstić information content (AvgIpc) is 2.67. The molecular formula is C14H16F2N2. The largest absolute Gasteiger partial charge is 0.261 e. The highest BCUT2D eigenvalue weighted by atomic mass is 19.3. The van der Waals surface area contributed by atoms with Crippen LogP contribution in [0.25, 0.3) is 10.9 Å². The first kappa shape index (κ1) is 11.6. The van der Waals surface area contributed by atoms with Crippen molar-refractivity contribution in [3.8, 4) is 0 Å². The third kappa shape index (κ3) is 1.80. The summed E-state index contributed by atoms with van der Waals surface area (Å²) in [5, 5.41) is 5.29. The molecule has 18 heavy (non-hydrogen) atoms. The summed E-state index contributed by atoms with van der Waals surface area (Å²) in [6.07, 6.45) is 1.58. The number of halogens is 2. The summed E-state index contributed by atoms with van der Waals surface area (Å²) >= 11 is 0. The van der Waals surface area contributed by atoms with Gasteiger partial charge in [0.1, 0.15) is 0 Å². The summed E-state index contributed by atoms with van der Waals surface area (Å²) < 4.78 is 27.7. The molecule has 1 aromatic carbocycles. The highest BCUT2D eigenvalue weighted by Crippen LogP contribution is 2.46. The van der Waals surface area contributed by atoms with Crippen LogP contribution in [0.15, 0.2) is 24.4 Å². The molecule has 0 spiro atoms. The normalized spacial score (nSPS) is 19.4. The van der Waals surface area contributed by atoms with Crippen molar-refractivity contribution in [2.24, 2.45) is 0 Å². The molecule has 1 aliphatic rings. The van der Waals surface area contributed by atoms with Crippen molar-refractivity contribution in [2.45, 2.75) is 44.6 Å². The van der Waals surface area contributed by atoms with E-state index in [4.69, 9.17) is 0 Å². The number of rotatable bonds is 2. The van der Waals surface area contributed by atoms with Gasteiger partial charge in [0.2, 0.25) is 0 Å². The Hall–Kier alpha value is -1.45. The van der Waals surface area contributed by atoms with E-state index in [1.165, 1.54) is 5.56 Å². The van der Waals surface area contributed by atoms with Gasteiger partial charge in [-0.2, -0.15) is 5.10 Å². The molecule has 1 aromatic heterocycles. The summed E-state index contributed by atoms with van der Waals surface area (Å²) in [6, 6.07) is 6.02. The van der Waals surface area contributed by atoms with Gasteiger partial charge in [-0.15, -0.1) is 0 Å². The van der Waals surface area contributed by atoms with Gasteiger partial charge in [-0.1, -0.05) is 26.0 Å². The quantitative estimate of drug-likeness (QED) is 0.783. The maximum atomic E-state index is 12.9. The van der Waals surface area contributed by atoms with Crippen molar-refractivity contribution in [3.63, 3.8) is 0 Å². The summed E-state index contributed by atoms with van der Waals surface area (Å²) in [5.41, 5.74) is 2.19. The van der Waals surface area contributed by atoms with E-state index < -0.39 is 5.92 Å². The number of benzene rings is 1. The fraction of sp³-hybridized carbons (Fsp3) is 0.500. The molecule has 1 heterocycles. The molecule has 1 saturated carbocycles. The number of aromatic nitrogens is 2. The van der Waals surface area contributed by atoms with Gasteiger partial charge in [0.15, 0.2) is 0 Å². The Kier molecular flexibility index (Phi) is 2.44. The van der Waals surface area contributed by atoms with Crippen LogP contribution in [0.5, 0.6) is 0 Å². The summed E-state index contributed by atoms with van der Waals surface area (Å²) in [5.74, 6) is -2.07. The van der Waals surface area contributed by atoms with Crippen LogP contribution < -0.4 is 0 Å². The van der Waals surface area contributed by atoms with Crippen LogP contribution in [-0.2, 0) is 0 Å². The molecule has 0 bridgehead atoms. The Morgan fingerprint density at radius 2 is 2.06 bits per heavy atom. The Morgan fingerprint density at radius 1 is 1.33 bits per heavy atom. The van der Waals surface area contributed by atoms with Crippen molar-refractivity contribution < 1.29 is 8.78 Å². The molecule has 3 rings (SSSR count). The van der Waals surface area contributed by atoms with Crippen LogP contribution in [0.3, 0.4) is 0 Å². The summed E-state index contributed by atoms with van der Waals surface area (Å²) in [6.45, 7) is 4.25. The average molecular weight is 250 g/mol. The van der Waals surface area contributed by atoms with E-state index >= 15 is 0 Å². The fourth-order valence-electron chi connectivity index (χ4n) is 2.51. The number of alkyl halides is 2. The van der Waals surface area contributed by atoms with Crippen LogP contribution in [0.1, 0.15) is 44.2 Å². The molecule has 0 saturated heterocycles. The fourth-order valence-corrected chi connectivity index (χ4v) is 2.51. The van der Waals surface area contributed by atoms with E-state index in [2.05, 4.69) is 31.1 Å². The first-order chi connectivity index (χ1) is 8.46. The van der Waals surface area contributed by atoms with E-state index in [-0.39, 0.29) is 18.9 Å². The van der Waals surface area contributed by atoms with Crippen molar-refractivity contribution >= 4 is 10.9 Å². The first-order valence-corrected chi connectivity index (χ1v) is 6.31. The molecule has 96 valence electrons. The Balaban J connectivity index is 2.00. The van der Waals surface area contributed by atoms with Crippen molar-refractivity contribution in [1.82, 2.24) is 9.78 Å². The zero-order valence-electron chi connectivity index (χ0n) is 10.5. The molecule has 1 fully saturated rings. The zero-order chi connectivity index (χ0) is 12.9. The third-order valence-electron chi connectivity index (χ3n) is 3.70. The van der Waals surface area contributed by atoms with Gasteiger partial charge < -0.3 is 0 Å². The molecule has 0 atom stereocenters. The number of hydrogen-bond donors (Lipinski definition) is 0. The second kappa shape index (κ2) is 3.77. The lowest BCUT2D eigenvalue weighted by Gasteiger charge is -2.35. The molecule has 4 heteroatoms. The van der Waals surface area contributed by atoms with Crippen molar-refractivity contribution in [1.29, 1.82) is 0 Å². The lowest BCUT2D eigenvalue weighted by Crippen LogP contribution is -2.37. The SMILES string of the molecule is CC(C)c1ccc2cnn(C3CC(F)(F)C3)c2c1. The standard InChI is InChI=1S/C14H16F2N2/c1-9(2)10-3-4-11-8-17-18(13(11)5-10)12-6-14(15,16)7-12/h3-5,8-9,12H,6-7H2,1-2H3. The van der Waals surface area contributed by atoms with E-state index in [0.29, 0.717) is 5.92 Å². The number of hydrogen-bond acceptors (Lipinski definition) is 1. The molecule has 0 amide bonds. The maximum Gasteiger partial charge on any atom is 0.252 e. The molecule has 0 radical (unpaired) electrons. The summed E-state index contributed by atoms with van der Waals surface area (Å²) in [4.78, 5) is 0. The number of fused-ring (bicyclic) bond motifs is 1. The van der Waals surface area contributed by atoms with E-state index in [9.17, 15) is 8.78 Å². The smallest absolute Gasteiger partial charge is 0.252 e. The van der Waals surface area contributed by atoms with Gasteiger partial charge in [0.25, 0.3) is 5.92 Å². The van der Waals surface area contributed by atoms with Crippen molar-refractivity contribution in [3.05, 3.63) is 30.0 Å². The second-order valence-corrected chi connectivity index (χ2v) is 5.48. The van der Waals surface area contributed by atoms with Crippen LogP contribution in [0.2, 0.25) is 0 Å². The summed E-state index contributed by atoms with van der Waals surface area (Å²) in [7, 11) is 0. The Labute approximate surface area is 105 Å². The topological polar surface area (TPSA) is 17.8 Å². The Morgan fingerprint density at radius 3 is 2.67 bits per heavy atom. The molecular weight excluding hydrogens is 234 g/mol. The molecule has 2 nitrogen and oxygen atoms in total. The van der Waals surface area contributed by atoms with Crippen LogP contribution in [-0.4, -0.2) is 15.7 Å². The van der Waals surface area contributed by atoms with E-state index in [1.807, 2.05) is 6.07 Å². The van der Waals surface area contributed by atoms with Gasteiger partial charge in [0.05, 0.1) is 17.8 Å². The lowest BCUT2D eigenvalue weighted by molar-refractivity contribution is -0.105. The maximum absolute atomic E-state index is 12.9. The van der Waals surface area contributed by atoms with Gasteiger partial charge >= 0.3 is 0 Å². The minimum absolute atomic E-state index is 0.0876. The second-order valence-electron chi connectivity index (χ2n) is 5.48. The van der Waals surface area contributed by atoms with E-state index in [0.717, 1.165) is 10.9 Å². The lowest BCUT2D eigenvalue weighted by atomic mass is 9.88. The number of nitrogens with zero attached hydrogens (tertiary/aromatic N) is 2. The van der Waals surface area contributed by atoms with Gasteiger partial charge in [0, 0.05) is 18.2 Å². The van der Waals surface area contributed by atoms with E-state index in [1.54, 1.807) is 10.9 Å². The highest BCUT2D eigenvalue weighted by Gasteiger charge is 2.47. The predicted molar refractivity (Wildman–Crippen MR) is 67.0 cm³/mol. The Bertz CT molecular complexity index is 578. The molecule has 0 N–H and O–H groups in total. The monoisotopic (exact) mass is 250 g/mol. The highest BCUT2D eigenvalue weighted by molar-refractivity contribution is 5.79. The van der Waals surface area contributed by atoms with Crippen molar-refractivity contribution in [2.75, 3.05) is 0 Å². The predicted octanol–water partition coefficient (Wildman–Crippen LogP) is 4.13. The van der Waals surface area contributed by atoms with Crippen LogP contribution >= 0.6 is 0 Å². The molecule has 1 aliphatic carbocycles. The zero-order valence-corrected chi connectivity index (χ0v) is 10.5. The molecule has 2 aromatic rings. The minimum atomic E-state index is -2.50. The minimum Gasteiger partial charge on any atom is -0.261 e. The third-order valence-corrected chi connectivity index (χ3v) is 3.70.